The number of benzene rings is 1. The predicted molar refractivity (Wildman–Crippen MR) is 94.7 cm³/mol. The number of likely N-dealkylation sites (N-methyl/N-ethyl adjacent to an activating group) is 1. The first-order valence-electron chi connectivity index (χ1n) is 8.30. The molecule has 130 valence electrons. The minimum absolute atomic E-state index is 0.105. The number of carbonyl (C=O) groups is 2. The van der Waals surface area contributed by atoms with Crippen LogP contribution < -0.4 is 5.73 Å². The number of piperidine rings is 1. The van der Waals surface area contributed by atoms with Crippen LogP contribution in [0.3, 0.4) is 0 Å². The van der Waals surface area contributed by atoms with Gasteiger partial charge in [-0.05, 0) is 30.7 Å². The zero-order valence-corrected chi connectivity index (χ0v) is 14.1. The molecule has 1 aliphatic carbocycles. The minimum atomic E-state index is -1.60. The zero-order chi connectivity index (χ0) is 18.5. The standard InChI is InChI=1S/C20H17N3O3/c1-23-17-11-14(17)20(26,19(23)25)9-8-12-4-2-5-13(10-12)15-6-3-7-16(22-15)18(21)24/h2-7,10,14,17,26H,11H2,1H3,(H2,21,24)/t14-,17+,20+/m1/s1. The van der Waals surface area contributed by atoms with Gasteiger partial charge in [-0.25, -0.2) is 4.98 Å². The Morgan fingerprint density at radius 2 is 2.12 bits per heavy atom. The number of amides is 2. The van der Waals surface area contributed by atoms with Gasteiger partial charge in [0.15, 0.2) is 0 Å². The van der Waals surface area contributed by atoms with Crippen LogP contribution in [0.15, 0.2) is 42.5 Å². The summed E-state index contributed by atoms with van der Waals surface area (Å²) in [4.78, 5) is 29.3. The number of nitrogens with zero attached hydrogens (tertiary/aromatic N) is 2. The molecule has 2 amide bonds. The summed E-state index contributed by atoms with van der Waals surface area (Å²) in [7, 11) is 1.70. The fourth-order valence-electron chi connectivity index (χ4n) is 3.44. The number of aliphatic hydroxyl groups is 1. The summed E-state index contributed by atoms with van der Waals surface area (Å²) in [5.74, 6) is 4.66. The van der Waals surface area contributed by atoms with Crippen molar-refractivity contribution in [3.8, 4) is 23.1 Å². The average molecular weight is 347 g/mol. The number of likely N-dealkylation sites (tertiary alicyclic amines) is 1. The molecule has 3 atom stereocenters. The van der Waals surface area contributed by atoms with Crippen LogP contribution in [-0.2, 0) is 4.79 Å². The highest BCUT2D eigenvalue weighted by Gasteiger charge is 2.66. The highest BCUT2D eigenvalue weighted by molar-refractivity contribution is 5.93. The maximum atomic E-state index is 12.2. The maximum absolute atomic E-state index is 12.2. The van der Waals surface area contributed by atoms with Crippen LogP contribution in [0, 0.1) is 17.8 Å². The van der Waals surface area contributed by atoms with Crippen molar-refractivity contribution in [3.63, 3.8) is 0 Å². The molecule has 1 saturated heterocycles. The number of aromatic nitrogens is 1. The molecule has 1 aromatic heterocycles. The van der Waals surface area contributed by atoms with Gasteiger partial charge in [-0.1, -0.05) is 30.0 Å². The molecule has 2 heterocycles. The van der Waals surface area contributed by atoms with Crippen LogP contribution in [-0.4, -0.2) is 45.5 Å². The van der Waals surface area contributed by atoms with E-state index in [2.05, 4.69) is 16.8 Å². The van der Waals surface area contributed by atoms with Crippen LogP contribution >= 0.6 is 0 Å². The minimum Gasteiger partial charge on any atom is -0.369 e. The summed E-state index contributed by atoms with van der Waals surface area (Å²) in [6, 6.07) is 12.4. The maximum Gasteiger partial charge on any atom is 0.267 e. The van der Waals surface area contributed by atoms with E-state index in [1.807, 2.05) is 12.1 Å². The molecule has 2 aromatic rings. The van der Waals surface area contributed by atoms with E-state index < -0.39 is 11.5 Å². The van der Waals surface area contributed by atoms with Gasteiger partial charge in [0.05, 0.1) is 5.69 Å². The molecular formula is C20H17N3O3. The second-order valence-electron chi connectivity index (χ2n) is 6.70. The Hall–Kier alpha value is -3.17. The van der Waals surface area contributed by atoms with Gasteiger partial charge < -0.3 is 15.7 Å². The average Bonchev–Trinajstić information content (AvgIpc) is 3.43. The molecule has 0 unspecified atom stereocenters. The number of primary amides is 1. The largest absolute Gasteiger partial charge is 0.369 e. The third-order valence-corrected chi connectivity index (χ3v) is 4.99. The normalized spacial score (nSPS) is 26.1. The van der Waals surface area contributed by atoms with Crippen molar-refractivity contribution in [1.29, 1.82) is 0 Å². The van der Waals surface area contributed by atoms with Crippen molar-refractivity contribution in [3.05, 3.63) is 53.7 Å². The van der Waals surface area contributed by atoms with Gasteiger partial charge >= 0.3 is 0 Å². The Labute approximate surface area is 150 Å². The number of hydrogen-bond donors (Lipinski definition) is 2. The number of nitrogens with two attached hydrogens (primary N) is 1. The lowest BCUT2D eigenvalue weighted by Crippen LogP contribution is -2.41. The molecule has 1 saturated carbocycles. The molecule has 6 heteroatoms. The van der Waals surface area contributed by atoms with Gasteiger partial charge in [0, 0.05) is 30.1 Å². The third-order valence-electron chi connectivity index (χ3n) is 4.99. The van der Waals surface area contributed by atoms with Gasteiger partial charge in [0.1, 0.15) is 5.69 Å². The third kappa shape index (κ3) is 2.54. The summed E-state index contributed by atoms with van der Waals surface area (Å²) in [6.07, 6.45) is 0.789. The predicted octanol–water partition coefficient (Wildman–Crippen LogP) is 0.791. The fraction of sp³-hybridized carbons (Fsp3) is 0.250. The van der Waals surface area contributed by atoms with Crippen molar-refractivity contribution in [2.24, 2.45) is 11.7 Å². The van der Waals surface area contributed by atoms with E-state index in [1.54, 1.807) is 42.3 Å². The summed E-state index contributed by atoms with van der Waals surface area (Å²) in [5, 5.41) is 10.7. The fourth-order valence-corrected chi connectivity index (χ4v) is 3.44. The second-order valence-corrected chi connectivity index (χ2v) is 6.70. The van der Waals surface area contributed by atoms with E-state index in [1.165, 1.54) is 0 Å². The molecule has 4 rings (SSSR count). The number of fused-ring (bicyclic) bond motifs is 1. The molecule has 0 spiro atoms. The van der Waals surface area contributed by atoms with Gasteiger partial charge in [-0.3, -0.25) is 9.59 Å². The molecule has 2 fully saturated rings. The van der Waals surface area contributed by atoms with Gasteiger partial charge in [0.2, 0.25) is 5.60 Å². The monoisotopic (exact) mass is 347 g/mol. The number of rotatable bonds is 2. The molecule has 0 bridgehead atoms. The summed E-state index contributed by atoms with van der Waals surface area (Å²) < 4.78 is 0. The van der Waals surface area contributed by atoms with Crippen molar-refractivity contribution >= 4 is 11.8 Å². The van der Waals surface area contributed by atoms with Gasteiger partial charge in [0.25, 0.3) is 11.8 Å². The summed E-state index contributed by atoms with van der Waals surface area (Å²) in [6.45, 7) is 0. The first kappa shape index (κ1) is 16.3. The highest BCUT2D eigenvalue weighted by atomic mass is 16.3. The first-order chi connectivity index (χ1) is 12.4. The lowest BCUT2D eigenvalue weighted by molar-refractivity contribution is -0.140. The summed E-state index contributed by atoms with van der Waals surface area (Å²) in [5.41, 5.74) is 5.89. The number of pyridine rings is 1. The highest BCUT2D eigenvalue weighted by Crippen LogP contribution is 2.50. The smallest absolute Gasteiger partial charge is 0.267 e. The van der Waals surface area contributed by atoms with E-state index >= 15 is 0 Å². The molecule has 6 nitrogen and oxygen atoms in total. The Morgan fingerprint density at radius 1 is 1.35 bits per heavy atom. The molecule has 26 heavy (non-hydrogen) atoms. The Bertz CT molecular complexity index is 991. The van der Waals surface area contributed by atoms with Crippen LogP contribution in [0.4, 0.5) is 0 Å². The van der Waals surface area contributed by atoms with E-state index in [9.17, 15) is 14.7 Å². The van der Waals surface area contributed by atoms with Crippen LogP contribution in [0.1, 0.15) is 22.5 Å². The van der Waals surface area contributed by atoms with Gasteiger partial charge in [-0.15, -0.1) is 0 Å². The molecule has 2 aliphatic rings. The second kappa shape index (κ2) is 5.68. The Morgan fingerprint density at radius 3 is 2.81 bits per heavy atom. The zero-order valence-electron chi connectivity index (χ0n) is 14.1. The number of hydrogen-bond acceptors (Lipinski definition) is 4. The van der Waals surface area contributed by atoms with Gasteiger partial charge in [-0.2, -0.15) is 0 Å². The molecule has 3 N–H and O–H groups in total. The Balaban J connectivity index is 1.65. The Kier molecular flexibility index (Phi) is 3.56. The lowest BCUT2D eigenvalue weighted by Gasteiger charge is -2.18. The molecule has 1 aromatic carbocycles. The van der Waals surface area contributed by atoms with Crippen molar-refractivity contribution in [2.75, 3.05) is 7.05 Å². The quantitative estimate of drug-likeness (QED) is 0.785. The topological polar surface area (TPSA) is 96.5 Å². The van der Waals surface area contributed by atoms with E-state index in [4.69, 9.17) is 5.73 Å². The van der Waals surface area contributed by atoms with Crippen molar-refractivity contribution < 1.29 is 14.7 Å². The van der Waals surface area contributed by atoms with Crippen LogP contribution in [0.5, 0.6) is 0 Å². The van der Waals surface area contributed by atoms with E-state index in [-0.39, 0.29) is 23.6 Å². The van der Waals surface area contributed by atoms with Crippen LogP contribution in [0.2, 0.25) is 0 Å². The van der Waals surface area contributed by atoms with E-state index in [0.29, 0.717) is 11.3 Å². The van der Waals surface area contributed by atoms with Crippen molar-refractivity contribution in [1.82, 2.24) is 9.88 Å². The molecular weight excluding hydrogens is 330 g/mol. The molecule has 1 aliphatic heterocycles. The first-order valence-corrected chi connectivity index (χ1v) is 8.30. The summed E-state index contributed by atoms with van der Waals surface area (Å²) >= 11 is 0. The SMILES string of the molecule is CN1C(=O)[C@](O)(C#Cc2cccc(-c3cccc(C(N)=O)n3)c2)[C@@H]2C[C@@H]21. The van der Waals surface area contributed by atoms with E-state index in [0.717, 1.165) is 12.0 Å². The number of carbonyl (C=O) groups excluding carboxylic acids is 2. The van der Waals surface area contributed by atoms with Crippen molar-refractivity contribution in [2.45, 2.75) is 18.1 Å². The lowest BCUT2D eigenvalue weighted by atomic mass is 9.98. The van der Waals surface area contributed by atoms with Crippen LogP contribution in [0.25, 0.3) is 11.3 Å². The molecule has 0 radical (unpaired) electrons.